The average Bonchev–Trinajstić information content (AvgIpc) is 2.37. The maximum atomic E-state index is 6.05. The molecule has 18 heavy (non-hydrogen) atoms. The number of hydrogen-bond donors (Lipinski definition) is 1. The second kappa shape index (κ2) is 10.1. The molecule has 0 saturated carbocycles. The first-order valence-electron chi connectivity index (χ1n) is 6.37. The van der Waals surface area contributed by atoms with E-state index in [4.69, 9.17) is 11.6 Å². The fraction of sp³-hybridized carbons (Fsp3) is 0.571. The molecule has 0 radical (unpaired) electrons. The van der Waals surface area contributed by atoms with Gasteiger partial charge in [-0.05, 0) is 65.0 Å². The molecule has 0 unspecified atom stereocenters. The van der Waals surface area contributed by atoms with Crippen molar-refractivity contribution in [3.63, 3.8) is 0 Å². The van der Waals surface area contributed by atoms with Gasteiger partial charge < -0.3 is 5.32 Å². The minimum Gasteiger partial charge on any atom is -0.313 e. The number of nitrogens with one attached hydrogen (secondary N) is 1. The van der Waals surface area contributed by atoms with Crippen LogP contribution in [0.4, 0.5) is 0 Å². The zero-order valence-electron chi connectivity index (χ0n) is 10.8. The van der Waals surface area contributed by atoms with E-state index in [1.165, 1.54) is 37.0 Å². The number of rotatable bonds is 9. The van der Waals surface area contributed by atoms with Crippen molar-refractivity contribution in [3.05, 3.63) is 33.3 Å². The maximum absolute atomic E-state index is 6.05. The van der Waals surface area contributed by atoms with Crippen molar-refractivity contribution in [3.8, 4) is 0 Å². The van der Waals surface area contributed by atoms with Crippen molar-refractivity contribution in [1.29, 1.82) is 0 Å². The summed E-state index contributed by atoms with van der Waals surface area (Å²) < 4.78 is 0.960. The van der Waals surface area contributed by atoms with Crippen LogP contribution in [0.25, 0.3) is 0 Å². The third-order valence-electron chi connectivity index (χ3n) is 2.77. The highest BCUT2D eigenvalue weighted by Gasteiger charge is 1.98. The quantitative estimate of drug-likeness (QED) is 0.621. The molecule has 0 aliphatic heterocycles. The summed E-state index contributed by atoms with van der Waals surface area (Å²) in [6.45, 7) is 1.99. The minimum absolute atomic E-state index is 0.784. The normalized spacial score (nSPS) is 10.8. The van der Waals surface area contributed by atoms with Gasteiger partial charge in [-0.2, -0.15) is 11.8 Å². The Kier molecular flexibility index (Phi) is 9.21. The Labute approximate surface area is 128 Å². The summed E-state index contributed by atoms with van der Waals surface area (Å²) in [6.07, 6.45) is 7.47. The molecule has 1 nitrogen and oxygen atoms in total. The Hall–Kier alpha value is 0.300. The van der Waals surface area contributed by atoms with E-state index in [1.54, 1.807) is 0 Å². The van der Waals surface area contributed by atoms with E-state index in [0.29, 0.717) is 0 Å². The lowest BCUT2D eigenvalue weighted by Gasteiger charge is -2.06. The van der Waals surface area contributed by atoms with E-state index >= 15 is 0 Å². The second-order valence-corrected chi connectivity index (χ2v) is 6.58. The monoisotopic (exact) mass is 349 g/mol. The van der Waals surface area contributed by atoms with Crippen LogP contribution in [0.15, 0.2) is 22.7 Å². The van der Waals surface area contributed by atoms with Gasteiger partial charge in [0, 0.05) is 11.0 Å². The van der Waals surface area contributed by atoms with E-state index in [-0.39, 0.29) is 0 Å². The summed E-state index contributed by atoms with van der Waals surface area (Å²) in [5.41, 5.74) is 1.24. The van der Waals surface area contributed by atoms with Crippen LogP contribution >= 0.6 is 39.3 Å². The van der Waals surface area contributed by atoms with Crippen LogP contribution in [0.1, 0.15) is 31.2 Å². The molecule has 0 aliphatic carbocycles. The van der Waals surface area contributed by atoms with E-state index < -0.39 is 0 Å². The highest BCUT2D eigenvalue weighted by Crippen LogP contribution is 2.23. The molecule has 0 aliphatic rings. The molecule has 0 heterocycles. The Balaban J connectivity index is 2.05. The summed E-state index contributed by atoms with van der Waals surface area (Å²) in [4.78, 5) is 0. The Morgan fingerprint density at radius 1 is 1.22 bits per heavy atom. The number of benzene rings is 1. The van der Waals surface area contributed by atoms with Gasteiger partial charge in [0.05, 0.1) is 5.02 Å². The molecule has 1 N–H and O–H groups in total. The van der Waals surface area contributed by atoms with Crippen LogP contribution in [0, 0.1) is 0 Å². The van der Waals surface area contributed by atoms with Gasteiger partial charge in [-0.15, -0.1) is 0 Å². The first-order valence-corrected chi connectivity index (χ1v) is 8.94. The van der Waals surface area contributed by atoms with Crippen LogP contribution in [-0.4, -0.2) is 18.6 Å². The van der Waals surface area contributed by atoms with Crippen molar-refractivity contribution in [2.45, 2.75) is 32.2 Å². The van der Waals surface area contributed by atoms with Gasteiger partial charge >= 0.3 is 0 Å². The van der Waals surface area contributed by atoms with E-state index in [2.05, 4.69) is 33.6 Å². The van der Waals surface area contributed by atoms with Crippen molar-refractivity contribution in [2.24, 2.45) is 0 Å². The number of halogens is 2. The largest absolute Gasteiger partial charge is 0.313 e. The molecule has 0 spiro atoms. The van der Waals surface area contributed by atoms with Crippen molar-refractivity contribution < 1.29 is 0 Å². The molecular formula is C14H21BrClNS. The predicted molar refractivity (Wildman–Crippen MR) is 87.7 cm³/mol. The van der Waals surface area contributed by atoms with Gasteiger partial charge in [0.1, 0.15) is 0 Å². The molecule has 0 amide bonds. The number of hydrogen-bond acceptors (Lipinski definition) is 2. The standard InChI is InChI=1S/C14H21BrClNS/c1-18-9-5-3-2-4-8-17-11-12-6-7-13(15)14(16)10-12/h6-7,10,17H,2-5,8-9,11H2,1H3. The topological polar surface area (TPSA) is 12.0 Å². The van der Waals surface area contributed by atoms with Crippen molar-refractivity contribution >= 4 is 39.3 Å². The van der Waals surface area contributed by atoms with E-state index in [0.717, 1.165) is 22.6 Å². The zero-order chi connectivity index (χ0) is 13.2. The fourth-order valence-corrected chi connectivity index (χ4v) is 2.67. The van der Waals surface area contributed by atoms with Gasteiger partial charge in [-0.3, -0.25) is 0 Å². The van der Waals surface area contributed by atoms with Crippen LogP contribution < -0.4 is 5.32 Å². The summed E-state index contributed by atoms with van der Waals surface area (Å²) in [6, 6.07) is 6.11. The summed E-state index contributed by atoms with van der Waals surface area (Å²) >= 11 is 11.4. The van der Waals surface area contributed by atoms with Crippen LogP contribution in [-0.2, 0) is 6.54 Å². The van der Waals surface area contributed by atoms with Crippen molar-refractivity contribution in [1.82, 2.24) is 5.32 Å². The lowest BCUT2D eigenvalue weighted by Crippen LogP contribution is -2.14. The minimum atomic E-state index is 0.784. The first kappa shape index (κ1) is 16.4. The average molecular weight is 351 g/mol. The molecule has 0 saturated heterocycles. The third-order valence-corrected chi connectivity index (χ3v) is 4.69. The van der Waals surface area contributed by atoms with Crippen molar-refractivity contribution in [2.75, 3.05) is 18.6 Å². The molecular weight excluding hydrogens is 330 g/mol. The smallest absolute Gasteiger partial charge is 0.0551 e. The fourth-order valence-electron chi connectivity index (χ4n) is 1.73. The van der Waals surface area contributed by atoms with Gasteiger partial charge in [0.25, 0.3) is 0 Å². The van der Waals surface area contributed by atoms with E-state index in [1.807, 2.05) is 23.9 Å². The Morgan fingerprint density at radius 2 is 2.00 bits per heavy atom. The summed E-state index contributed by atoms with van der Waals surface area (Å²) in [5, 5.41) is 4.24. The molecule has 1 aromatic carbocycles. The van der Waals surface area contributed by atoms with Crippen LogP contribution in [0.3, 0.4) is 0 Å². The Bertz CT molecular complexity index is 347. The summed E-state index contributed by atoms with van der Waals surface area (Å²) in [7, 11) is 0. The molecule has 0 bridgehead atoms. The molecule has 1 rings (SSSR count). The van der Waals surface area contributed by atoms with Gasteiger partial charge in [-0.25, -0.2) is 0 Å². The molecule has 0 atom stereocenters. The van der Waals surface area contributed by atoms with Gasteiger partial charge in [0.2, 0.25) is 0 Å². The predicted octanol–water partition coefficient (Wildman–Crippen LogP) is 5.12. The number of thioether (sulfide) groups is 1. The lowest BCUT2D eigenvalue weighted by atomic mass is 10.2. The first-order chi connectivity index (χ1) is 8.74. The molecule has 1 aromatic rings. The van der Waals surface area contributed by atoms with Crippen LogP contribution in [0.2, 0.25) is 5.02 Å². The molecule has 4 heteroatoms. The highest BCUT2D eigenvalue weighted by molar-refractivity contribution is 9.10. The molecule has 102 valence electrons. The SMILES string of the molecule is CSCCCCCCNCc1ccc(Br)c(Cl)c1. The maximum Gasteiger partial charge on any atom is 0.0551 e. The van der Waals surface area contributed by atoms with Crippen LogP contribution in [0.5, 0.6) is 0 Å². The number of unbranched alkanes of at least 4 members (excludes halogenated alkanes) is 3. The summed E-state index contributed by atoms with van der Waals surface area (Å²) in [5.74, 6) is 1.30. The highest BCUT2D eigenvalue weighted by atomic mass is 79.9. The lowest BCUT2D eigenvalue weighted by molar-refractivity contribution is 0.599. The van der Waals surface area contributed by atoms with Gasteiger partial charge in [0.15, 0.2) is 0 Å². The third kappa shape index (κ3) is 7.03. The zero-order valence-corrected chi connectivity index (χ0v) is 14.0. The molecule has 0 fully saturated rings. The Morgan fingerprint density at radius 3 is 2.72 bits per heavy atom. The molecule has 0 aromatic heterocycles. The van der Waals surface area contributed by atoms with Gasteiger partial charge in [-0.1, -0.05) is 30.5 Å². The van der Waals surface area contributed by atoms with E-state index in [9.17, 15) is 0 Å². The second-order valence-electron chi connectivity index (χ2n) is 4.33.